The number of hydrogen-bond acceptors (Lipinski definition) is 5. The number of aromatic hydroxyl groups is 1. The SMILES string of the molecule is Oc1ccccc1C(C1=NCCCN1)c1nccs1. The first-order chi connectivity index (χ1) is 9.36. The van der Waals surface area contributed by atoms with Gasteiger partial charge >= 0.3 is 0 Å². The van der Waals surface area contributed by atoms with Crippen molar-refractivity contribution in [2.45, 2.75) is 12.3 Å². The highest BCUT2D eigenvalue weighted by molar-refractivity contribution is 7.09. The molecule has 0 saturated heterocycles. The smallest absolute Gasteiger partial charge is 0.119 e. The van der Waals surface area contributed by atoms with Gasteiger partial charge < -0.3 is 10.4 Å². The standard InChI is InChI=1S/C14H15N3OS/c18-11-5-2-1-4-10(11)12(14-17-8-9-19-14)13-15-6-3-7-16-13/h1-2,4-5,8-9,12,18H,3,6-7H2,(H,15,16). The van der Waals surface area contributed by atoms with Crippen molar-refractivity contribution in [3.05, 3.63) is 46.4 Å². The molecule has 1 unspecified atom stereocenters. The van der Waals surface area contributed by atoms with Gasteiger partial charge in [-0.15, -0.1) is 11.3 Å². The Morgan fingerprint density at radius 3 is 2.89 bits per heavy atom. The summed E-state index contributed by atoms with van der Waals surface area (Å²) < 4.78 is 0. The Balaban J connectivity index is 2.07. The lowest BCUT2D eigenvalue weighted by molar-refractivity contribution is 0.468. The number of amidine groups is 1. The molecule has 1 atom stereocenters. The lowest BCUT2D eigenvalue weighted by atomic mass is 9.96. The number of rotatable bonds is 3. The number of nitrogens with one attached hydrogen (secondary N) is 1. The topological polar surface area (TPSA) is 57.5 Å². The van der Waals surface area contributed by atoms with Crippen LogP contribution in [0.4, 0.5) is 0 Å². The summed E-state index contributed by atoms with van der Waals surface area (Å²) in [6, 6.07) is 7.40. The summed E-state index contributed by atoms with van der Waals surface area (Å²) in [6.45, 7) is 1.76. The molecule has 1 aliphatic rings. The van der Waals surface area contributed by atoms with Crippen molar-refractivity contribution in [3.8, 4) is 5.75 Å². The van der Waals surface area contributed by atoms with Gasteiger partial charge in [0.15, 0.2) is 0 Å². The Labute approximate surface area is 115 Å². The van der Waals surface area contributed by atoms with Crippen LogP contribution in [0.1, 0.15) is 22.9 Å². The maximum Gasteiger partial charge on any atom is 0.119 e. The molecule has 98 valence electrons. The third-order valence-corrected chi connectivity index (χ3v) is 3.98. The lowest BCUT2D eigenvalue weighted by Gasteiger charge is -2.23. The molecule has 5 heteroatoms. The van der Waals surface area contributed by atoms with Crippen molar-refractivity contribution >= 4 is 17.2 Å². The molecule has 1 aliphatic heterocycles. The Hall–Kier alpha value is -1.88. The van der Waals surface area contributed by atoms with E-state index in [4.69, 9.17) is 0 Å². The molecule has 0 spiro atoms. The van der Waals surface area contributed by atoms with Crippen LogP contribution in [-0.2, 0) is 0 Å². The van der Waals surface area contributed by atoms with Crippen LogP contribution in [0, 0.1) is 0 Å². The normalized spacial score (nSPS) is 16.5. The average Bonchev–Trinajstić information content (AvgIpc) is 2.96. The molecule has 2 heterocycles. The van der Waals surface area contributed by atoms with E-state index in [1.54, 1.807) is 23.6 Å². The van der Waals surface area contributed by atoms with Crippen LogP contribution in [-0.4, -0.2) is 29.0 Å². The molecule has 0 bridgehead atoms. The fraction of sp³-hybridized carbons (Fsp3) is 0.286. The summed E-state index contributed by atoms with van der Waals surface area (Å²) in [4.78, 5) is 8.96. The molecule has 0 aliphatic carbocycles. The Morgan fingerprint density at radius 1 is 1.32 bits per heavy atom. The number of para-hydroxylation sites is 1. The van der Waals surface area contributed by atoms with E-state index in [2.05, 4.69) is 15.3 Å². The molecule has 0 radical (unpaired) electrons. The Bertz CT molecular complexity index is 580. The van der Waals surface area contributed by atoms with Gasteiger partial charge in [0.25, 0.3) is 0 Å². The zero-order valence-corrected chi connectivity index (χ0v) is 11.2. The molecule has 1 aromatic heterocycles. The van der Waals surface area contributed by atoms with Gasteiger partial charge in [0, 0.05) is 30.2 Å². The number of nitrogens with zero attached hydrogens (tertiary/aromatic N) is 2. The van der Waals surface area contributed by atoms with Crippen molar-refractivity contribution in [3.63, 3.8) is 0 Å². The van der Waals surface area contributed by atoms with Crippen LogP contribution >= 0.6 is 11.3 Å². The molecule has 1 aromatic carbocycles. The highest BCUT2D eigenvalue weighted by Gasteiger charge is 2.26. The van der Waals surface area contributed by atoms with Crippen molar-refractivity contribution in [2.24, 2.45) is 4.99 Å². The zero-order chi connectivity index (χ0) is 13.1. The van der Waals surface area contributed by atoms with Crippen molar-refractivity contribution in [1.82, 2.24) is 10.3 Å². The monoisotopic (exact) mass is 273 g/mol. The van der Waals surface area contributed by atoms with E-state index in [1.165, 1.54) is 0 Å². The van der Waals surface area contributed by atoms with Gasteiger partial charge in [-0.3, -0.25) is 4.99 Å². The van der Waals surface area contributed by atoms with E-state index in [9.17, 15) is 5.11 Å². The van der Waals surface area contributed by atoms with Gasteiger partial charge in [-0.1, -0.05) is 18.2 Å². The van der Waals surface area contributed by atoms with Crippen LogP contribution in [0.15, 0.2) is 40.8 Å². The number of phenols is 1. The molecule has 2 aromatic rings. The van der Waals surface area contributed by atoms with Crippen LogP contribution in [0.2, 0.25) is 0 Å². The molecule has 0 amide bonds. The van der Waals surface area contributed by atoms with Crippen molar-refractivity contribution < 1.29 is 5.11 Å². The van der Waals surface area contributed by atoms with Crippen LogP contribution in [0.25, 0.3) is 0 Å². The maximum atomic E-state index is 10.1. The van der Waals surface area contributed by atoms with Crippen LogP contribution in [0.3, 0.4) is 0 Å². The van der Waals surface area contributed by atoms with E-state index < -0.39 is 0 Å². The third kappa shape index (κ3) is 2.46. The van der Waals surface area contributed by atoms with Gasteiger partial charge in [0.1, 0.15) is 16.6 Å². The third-order valence-electron chi connectivity index (χ3n) is 3.14. The fourth-order valence-corrected chi connectivity index (χ4v) is 3.01. The minimum atomic E-state index is -0.0958. The quantitative estimate of drug-likeness (QED) is 0.902. The highest BCUT2D eigenvalue weighted by atomic mass is 32.1. The maximum absolute atomic E-state index is 10.1. The molecule has 4 nitrogen and oxygen atoms in total. The van der Waals surface area contributed by atoms with Crippen LogP contribution in [0.5, 0.6) is 5.75 Å². The molecule has 0 fully saturated rings. The number of benzene rings is 1. The summed E-state index contributed by atoms with van der Waals surface area (Å²) >= 11 is 1.59. The number of aliphatic imine (C=N–C) groups is 1. The van der Waals surface area contributed by atoms with E-state index in [0.29, 0.717) is 0 Å². The highest BCUT2D eigenvalue weighted by Crippen LogP contribution is 2.33. The number of aromatic nitrogens is 1. The van der Waals surface area contributed by atoms with E-state index >= 15 is 0 Å². The van der Waals surface area contributed by atoms with Gasteiger partial charge in [-0.2, -0.15) is 0 Å². The van der Waals surface area contributed by atoms with Gasteiger partial charge in [0.2, 0.25) is 0 Å². The van der Waals surface area contributed by atoms with E-state index in [1.807, 2.05) is 23.6 Å². The van der Waals surface area contributed by atoms with Gasteiger partial charge in [-0.25, -0.2) is 4.98 Å². The minimum Gasteiger partial charge on any atom is -0.508 e. The summed E-state index contributed by atoms with van der Waals surface area (Å²) in [5.41, 5.74) is 0.852. The zero-order valence-electron chi connectivity index (χ0n) is 10.4. The van der Waals surface area contributed by atoms with E-state index in [-0.39, 0.29) is 11.7 Å². The average molecular weight is 273 g/mol. The van der Waals surface area contributed by atoms with Crippen LogP contribution < -0.4 is 5.32 Å². The van der Waals surface area contributed by atoms with Gasteiger partial charge in [0.05, 0.1) is 5.92 Å². The molecule has 0 saturated carbocycles. The van der Waals surface area contributed by atoms with Gasteiger partial charge in [-0.05, 0) is 12.5 Å². The lowest BCUT2D eigenvalue weighted by Crippen LogP contribution is -2.34. The second-order valence-electron chi connectivity index (χ2n) is 4.41. The first-order valence-corrected chi connectivity index (χ1v) is 7.19. The summed E-state index contributed by atoms with van der Waals surface area (Å²) in [5.74, 6) is 1.10. The summed E-state index contributed by atoms with van der Waals surface area (Å²) in [7, 11) is 0. The predicted molar refractivity (Wildman–Crippen MR) is 77.0 cm³/mol. The molecule has 19 heavy (non-hydrogen) atoms. The molecular formula is C14H15N3OS. The molecule has 2 N–H and O–H groups in total. The minimum absolute atomic E-state index is 0.0958. The van der Waals surface area contributed by atoms with E-state index in [0.717, 1.165) is 35.9 Å². The fourth-order valence-electron chi connectivity index (χ4n) is 2.25. The molecule has 3 rings (SSSR count). The van der Waals surface area contributed by atoms with Crippen molar-refractivity contribution in [1.29, 1.82) is 0 Å². The van der Waals surface area contributed by atoms with Crippen molar-refractivity contribution in [2.75, 3.05) is 13.1 Å². The Kier molecular flexibility index (Phi) is 3.46. The summed E-state index contributed by atoms with van der Waals surface area (Å²) in [5, 5.41) is 16.3. The largest absolute Gasteiger partial charge is 0.508 e. The first kappa shape index (κ1) is 12.2. The number of thiazole rings is 1. The second kappa shape index (κ2) is 5.40. The number of phenolic OH excluding ortho intramolecular Hbond substituents is 1. The first-order valence-electron chi connectivity index (χ1n) is 6.32. The number of hydrogen-bond donors (Lipinski definition) is 2. The molecular weight excluding hydrogens is 258 g/mol. The Morgan fingerprint density at radius 2 is 2.21 bits per heavy atom. The summed E-state index contributed by atoms with van der Waals surface area (Å²) in [6.07, 6.45) is 2.84. The second-order valence-corrected chi connectivity index (χ2v) is 5.34. The predicted octanol–water partition coefficient (Wildman–Crippen LogP) is 2.37.